The second-order valence-corrected chi connectivity index (χ2v) is 4.09. The third kappa shape index (κ3) is 2.55. The monoisotopic (exact) mass is 255 g/mol. The lowest BCUT2D eigenvalue weighted by Crippen LogP contribution is -2.27. The van der Waals surface area contributed by atoms with Gasteiger partial charge in [0.15, 0.2) is 6.29 Å². The van der Waals surface area contributed by atoms with Crippen molar-refractivity contribution in [3.8, 4) is 0 Å². The zero-order valence-corrected chi connectivity index (χ0v) is 9.57. The number of nitrogens with zero attached hydrogens (tertiary/aromatic N) is 1. The zero-order chi connectivity index (χ0) is 13.2. The van der Waals surface area contributed by atoms with E-state index in [0.29, 0.717) is 18.8 Å². The van der Waals surface area contributed by atoms with Crippen molar-refractivity contribution in [2.45, 2.75) is 12.6 Å². The summed E-state index contributed by atoms with van der Waals surface area (Å²) >= 11 is 0. The van der Waals surface area contributed by atoms with Crippen LogP contribution in [0.2, 0.25) is 0 Å². The van der Waals surface area contributed by atoms with Gasteiger partial charge in [-0.05, 0) is 24.6 Å². The molecule has 0 amide bonds. The van der Waals surface area contributed by atoms with Crippen LogP contribution in [-0.4, -0.2) is 19.4 Å². The lowest BCUT2D eigenvalue weighted by Gasteiger charge is -2.26. The number of aldehydes is 1. The molecular formula is C13H12F3NO. The fourth-order valence-electron chi connectivity index (χ4n) is 1.97. The Morgan fingerprint density at radius 1 is 1.22 bits per heavy atom. The Kier molecular flexibility index (Phi) is 3.41. The minimum Gasteiger partial charge on any atom is -0.367 e. The molecule has 0 aromatic heterocycles. The number of carbonyl (C=O) groups excluding carboxylic acids is 1. The van der Waals surface area contributed by atoms with Gasteiger partial charge in [0.1, 0.15) is 0 Å². The number of benzene rings is 1. The molecular weight excluding hydrogens is 243 g/mol. The van der Waals surface area contributed by atoms with Gasteiger partial charge >= 0.3 is 6.18 Å². The molecule has 18 heavy (non-hydrogen) atoms. The number of carbonyl (C=O) groups is 1. The summed E-state index contributed by atoms with van der Waals surface area (Å²) in [7, 11) is 0. The molecule has 0 atom stereocenters. The highest BCUT2D eigenvalue weighted by atomic mass is 19.4. The van der Waals surface area contributed by atoms with E-state index in [-0.39, 0.29) is 11.8 Å². The molecule has 1 aromatic carbocycles. The lowest BCUT2D eigenvalue weighted by molar-refractivity contribution is -0.137. The largest absolute Gasteiger partial charge is 0.417 e. The summed E-state index contributed by atoms with van der Waals surface area (Å²) in [6.45, 7) is 1.28. The molecule has 0 saturated heterocycles. The van der Waals surface area contributed by atoms with E-state index in [4.69, 9.17) is 0 Å². The Labute approximate surface area is 103 Å². The van der Waals surface area contributed by atoms with Gasteiger partial charge in [-0.1, -0.05) is 12.2 Å². The molecule has 0 N–H and O–H groups in total. The Morgan fingerprint density at radius 2 is 2.00 bits per heavy atom. The van der Waals surface area contributed by atoms with Crippen LogP contribution in [0, 0.1) is 0 Å². The number of rotatable bonds is 2. The first kappa shape index (κ1) is 12.7. The molecule has 0 radical (unpaired) electrons. The fraction of sp³-hybridized carbons (Fsp3) is 0.308. The number of halogens is 3. The second kappa shape index (κ2) is 4.84. The summed E-state index contributed by atoms with van der Waals surface area (Å²) in [5.74, 6) is 0. The molecule has 0 bridgehead atoms. The summed E-state index contributed by atoms with van der Waals surface area (Å²) in [6, 6.07) is 3.82. The Bertz CT molecular complexity index is 480. The van der Waals surface area contributed by atoms with E-state index in [2.05, 4.69) is 0 Å². The molecule has 1 aliphatic heterocycles. The molecule has 2 rings (SSSR count). The molecule has 0 aliphatic carbocycles. The van der Waals surface area contributed by atoms with Gasteiger partial charge in [0.05, 0.1) is 5.56 Å². The summed E-state index contributed by atoms with van der Waals surface area (Å²) < 4.78 is 38.4. The van der Waals surface area contributed by atoms with Crippen LogP contribution in [0.3, 0.4) is 0 Å². The number of alkyl halides is 3. The van der Waals surface area contributed by atoms with Gasteiger partial charge in [0.25, 0.3) is 0 Å². The predicted octanol–water partition coefficient (Wildman–Crippen LogP) is 3.28. The summed E-state index contributed by atoms with van der Waals surface area (Å²) in [5.41, 5.74) is -0.694. The number of anilines is 1. The van der Waals surface area contributed by atoms with Crippen LogP contribution >= 0.6 is 0 Å². The minimum absolute atomic E-state index is 0.239. The van der Waals surface area contributed by atoms with E-state index in [0.717, 1.165) is 12.5 Å². The molecule has 1 heterocycles. The Morgan fingerprint density at radius 3 is 2.56 bits per heavy atom. The second-order valence-electron chi connectivity index (χ2n) is 4.09. The van der Waals surface area contributed by atoms with Crippen molar-refractivity contribution in [1.82, 2.24) is 0 Å². The maximum atomic E-state index is 12.8. The molecule has 0 unspecified atom stereocenters. The Hall–Kier alpha value is -1.78. The molecule has 0 saturated carbocycles. The standard InChI is InChI=1S/C13H12F3NO/c14-13(15,16)12-8-11(5-4-10(12)9-18)17-6-2-1-3-7-17/h1-2,4-5,8-9H,3,6-7H2. The third-order valence-corrected chi connectivity index (χ3v) is 2.89. The van der Waals surface area contributed by atoms with Crippen molar-refractivity contribution in [2.75, 3.05) is 18.0 Å². The predicted molar refractivity (Wildman–Crippen MR) is 62.8 cm³/mol. The van der Waals surface area contributed by atoms with Crippen molar-refractivity contribution in [3.63, 3.8) is 0 Å². The van der Waals surface area contributed by atoms with E-state index in [1.54, 1.807) is 6.07 Å². The van der Waals surface area contributed by atoms with Crippen molar-refractivity contribution in [3.05, 3.63) is 41.5 Å². The molecule has 2 nitrogen and oxygen atoms in total. The van der Waals surface area contributed by atoms with Crippen molar-refractivity contribution in [1.29, 1.82) is 0 Å². The fourth-order valence-corrected chi connectivity index (χ4v) is 1.97. The number of hydrogen-bond acceptors (Lipinski definition) is 2. The first-order valence-corrected chi connectivity index (χ1v) is 5.59. The van der Waals surface area contributed by atoms with Crippen LogP contribution in [0.1, 0.15) is 22.3 Å². The van der Waals surface area contributed by atoms with Gasteiger partial charge in [-0.2, -0.15) is 13.2 Å². The van der Waals surface area contributed by atoms with Crippen LogP contribution < -0.4 is 4.90 Å². The number of hydrogen-bond donors (Lipinski definition) is 0. The van der Waals surface area contributed by atoms with E-state index in [1.807, 2.05) is 17.1 Å². The van der Waals surface area contributed by atoms with E-state index < -0.39 is 11.7 Å². The van der Waals surface area contributed by atoms with Crippen molar-refractivity contribution in [2.24, 2.45) is 0 Å². The van der Waals surface area contributed by atoms with Gasteiger partial charge in [-0.15, -0.1) is 0 Å². The van der Waals surface area contributed by atoms with Crippen LogP contribution in [0.4, 0.5) is 18.9 Å². The zero-order valence-electron chi connectivity index (χ0n) is 9.57. The molecule has 5 heteroatoms. The van der Waals surface area contributed by atoms with Crippen LogP contribution in [0.15, 0.2) is 30.4 Å². The molecule has 1 aliphatic rings. The van der Waals surface area contributed by atoms with E-state index in [1.165, 1.54) is 6.07 Å². The van der Waals surface area contributed by atoms with Gasteiger partial charge in [-0.25, -0.2) is 0 Å². The quantitative estimate of drug-likeness (QED) is 0.597. The van der Waals surface area contributed by atoms with Crippen LogP contribution in [0.5, 0.6) is 0 Å². The van der Waals surface area contributed by atoms with Gasteiger partial charge in [0.2, 0.25) is 0 Å². The summed E-state index contributed by atoms with van der Waals surface area (Å²) in [6.07, 6.45) is 0.475. The summed E-state index contributed by atoms with van der Waals surface area (Å²) in [4.78, 5) is 12.5. The Balaban J connectivity index is 2.39. The average molecular weight is 255 g/mol. The van der Waals surface area contributed by atoms with Gasteiger partial charge in [-0.3, -0.25) is 4.79 Å². The van der Waals surface area contributed by atoms with E-state index >= 15 is 0 Å². The van der Waals surface area contributed by atoms with Crippen molar-refractivity contribution < 1.29 is 18.0 Å². The van der Waals surface area contributed by atoms with Gasteiger partial charge < -0.3 is 4.90 Å². The first-order chi connectivity index (χ1) is 8.52. The smallest absolute Gasteiger partial charge is 0.367 e. The third-order valence-electron chi connectivity index (χ3n) is 2.89. The lowest BCUT2D eigenvalue weighted by atomic mass is 10.1. The SMILES string of the molecule is O=Cc1ccc(N2CC=CCC2)cc1C(F)(F)F. The molecule has 0 fully saturated rings. The maximum Gasteiger partial charge on any atom is 0.417 e. The van der Waals surface area contributed by atoms with Gasteiger partial charge in [0, 0.05) is 24.3 Å². The average Bonchev–Trinajstić information content (AvgIpc) is 2.38. The van der Waals surface area contributed by atoms with E-state index in [9.17, 15) is 18.0 Å². The van der Waals surface area contributed by atoms with Crippen LogP contribution in [-0.2, 0) is 6.18 Å². The highest BCUT2D eigenvalue weighted by molar-refractivity contribution is 5.79. The van der Waals surface area contributed by atoms with Crippen molar-refractivity contribution >= 4 is 12.0 Å². The molecule has 1 aromatic rings. The maximum absolute atomic E-state index is 12.8. The molecule has 96 valence electrons. The highest BCUT2D eigenvalue weighted by Crippen LogP contribution is 2.34. The minimum atomic E-state index is -4.50. The first-order valence-electron chi connectivity index (χ1n) is 5.59. The highest BCUT2D eigenvalue weighted by Gasteiger charge is 2.33. The molecule has 0 spiro atoms. The van der Waals surface area contributed by atoms with Crippen LogP contribution in [0.25, 0.3) is 0 Å². The summed E-state index contributed by atoms with van der Waals surface area (Å²) in [5, 5.41) is 0. The topological polar surface area (TPSA) is 20.3 Å². The normalized spacial score (nSPS) is 15.8.